The highest BCUT2D eigenvalue weighted by atomic mass is 16.7. The number of nitrogens with one attached hydrogen (secondary N) is 2. The third-order valence-corrected chi connectivity index (χ3v) is 4.31. The number of aromatic nitrogens is 2. The van der Waals surface area contributed by atoms with Crippen LogP contribution in [0.1, 0.15) is 25.0 Å². The summed E-state index contributed by atoms with van der Waals surface area (Å²) in [6.45, 7) is 4.89. The summed E-state index contributed by atoms with van der Waals surface area (Å²) < 4.78 is 13.3. The lowest BCUT2D eigenvalue weighted by Gasteiger charge is -2.16. The summed E-state index contributed by atoms with van der Waals surface area (Å²) in [5.74, 6) is 0.607. The average molecular weight is 378 g/mol. The van der Waals surface area contributed by atoms with Crippen molar-refractivity contribution in [2.75, 3.05) is 5.32 Å². The second kappa shape index (κ2) is 7.26. The zero-order valence-electron chi connectivity index (χ0n) is 15.8. The van der Waals surface area contributed by atoms with Crippen molar-refractivity contribution in [3.63, 3.8) is 0 Å². The van der Waals surface area contributed by atoms with Crippen molar-refractivity contribution in [3.8, 4) is 11.5 Å². The molecular formula is C21H22N4O3. The van der Waals surface area contributed by atoms with Gasteiger partial charge in [-0.15, -0.1) is 0 Å². The number of amides is 2. The van der Waals surface area contributed by atoms with E-state index in [1.54, 1.807) is 30.7 Å². The SMILES string of the molecule is CC1(C)Oc2ccc(NC(=O)NCc3ccc(Cn4ccnc4)cc3)cc2O1. The number of rotatable bonds is 5. The molecule has 4 rings (SSSR count). The predicted molar refractivity (Wildman–Crippen MR) is 105 cm³/mol. The molecule has 2 heterocycles. The molecule has 1 aliphatic rings. The first-order chi connectivity index (χ1) is 13.5. The number of ether oxygens (including phenoxy) is 2. The topological polar surface area (TPSA) is 77.4 Å². The first-order valence-electron chi connectivity index (χ1n) is 9.07. The Labute approximate surface area is 163 Å². The van der Waals surface area contributed by atoms with Gasteiger partial charge in [0.15, 0.2) is 11.5 Å². The number of benzene rings is 2. The van der Waals surface area contributed by atoms with Crippen molar-refractivity contribution in [2.24, 2.45) is 0 Å². The van der Waals surface area contributed by atoms with Crippen LogP contribution in [0.5, 0.6) is 11.5 Å². The highest BCUT2D eigenvalue weighted by molar-refractivity contribution is 5.89. The van der Waals surface area contributed by atoms with Gasteiger partial charge in [-0.1, -0.05) is 24.3 Å². The lowest BCUT2D eigenvalue weighted by atomic mass is 10.1. The predicted octanol–water partition coefficient (Wildman–Crippen LogP) is 3.76. The molecule has 7 nitrogen and oxygen atoms in total. The molecule has 0 radical (unpaired) electrons. The van der Waals surface area contributed by atoms with Crippen LogP contribution in [0.4, 0.5) is 10.5 Å². The van der Waals surface area contributed by atoms with Gasteiger partial charge in [0.2, 0.25) is 5.79 Å². The summed E-state index contributed by atoms with van der Waals surface area (Å²) in [4.78, 5) is 16.2. The zero-order chi connectivity index (χ0) is 19.6. The number of fused-ring (bicyclic) bond motifs is 1. The van der Waals surface area contributed by atoms with E-state index >= 15 is 0 Å². The maximum atomic E-state index is 12.2. The van der Waals surface area contributed by atoms with Crippen molar-refractivity contribution < 1.29 is 14.3 Å². The summed E-state index contributed by atoms with van der Waals surface area (Å²) in [5, 5.41) is 5.67. The fourth-order valence-electron chi connectivity index (χ4n) is 3.01. The lowest BCUT2D eigenvalue weighted by molar-refractivity contribution is -0.0431. The monoisotopic (exact) mass is 378 g/mol. The van der Waals surface area contributed by atoms with Gasteiger partial charge >= 0.3 is 6.03 Å². The number of imidazole rings is 1. The van der Waals surface area contributed by atoms with Crippen molar-refractivity contribution in [2.45, 2.75) is 32.7 Å². The van der Waals surface area contributed by atoms with Gasteiger partial charge in [0.1, 0.15) is 0 Å². The normalized spacial score (nSPS) is 13.9. The van der Waals surface area contributed by atoms with Gasteiger partial charge < -0.3 is 24.7 Å². The van der Waals surface area contributed by atoms with Crippen LogP contribution in [0.2, 0.25) is 0 Å². The standard InChI is InChI=1S/C21H22N4O3/c1-21(2)27-18-8-7-17(11-19(18)28-21)24-20(26)23-12-15-3-5-16(6-4-15)13-25-10-9-22-14-25/h3-11,14H,12-13H2,1-2H3,(H2,23,24,26). The highest BCUT2D eigenvalue weighted by Crippen LogP contribution is 2.40. The van der Waals surface area contributed by atoms with Crippen molar-refractivity contribution in [1.82, 2.24) is 14.9 Å². The molecule has 0 saturated carbocycles. The largest absolute Gasteiger partial charge is 0.449 e. The van der Waals surface area contributed by atoms with Crippen LogP contribution in [0.3, 0.4) is 0 Å². The zero-order valence-corrected chi connectivity index (χ0v) is 15.8. The molecule has 144 valence electrons. The molecule has 0 fully saturated rings. The van der Waals surface area contributed by atoms with Gasteiger partial charge in [-0.3, -0.25) is 0 Å². The number of hydrogen-bond donors (Lipinski definition) is 2. The summed E-state index contributed by atoms with van der Waals surface area (Å²) >= 11 is 0. The number of nitrogens with zero attached hydrogens (tertiary/aromatic N) is 2. The second-order valence-electron chi connectivity index (χ2n) is 7.12. The Balaban J connectivity index is 1.29. The fourth-order valence-corrected chi connectivity index (χ4v) is 3.01. The molecule has 3 aromatic rings. The molecule has 1 aliphatic heterocycles. The Morgan fingerprint density at radius 2 is 1.82 bits per heavy atom. The molecule has 2 aromatic carbocycles. The molecule has 0 bridgehead atoms. The van der Waals surface area contributed by atoms with Crippen molar-refractivity contribution in [1.29, 1.82) is 0 Å². The molecule has 0 spiro atoms. The smallest absolute Gasteiger partial charge is 0.319 e. The van der Waals surface area contributed by atoms with Crippen LogP contribution in [-0.2, 0) is 13.1 Å². The third-order valence-electron chi connectivity index (χ3n) is 4.31. The highest BCUT2D eigenvalue weighted by Gasteiger charge is 2.31. The Morgan fingerprint density at radius 3 is 2.57 bits per heavy atom. The minimum Gasteiger partial charge on any atom is -0.449 e. The summed E-state index contributed by atoms with van der Waals surface area (Å²) in [5.41, 5.74) is 2.85. The first kappa shape index (κ1) is 17.9. The van der Waals surface area contributed by atoms with Gasteiger partial charge in [-0.2, -0.15) is 0 Å². The summed E-state index contributed by atoms with van der Waals surface area (Å²) in [7, 11) is 0. The maximum absolute atomic E-state index is 12.2. The molecular weight excluding hydrogens is 356 g/mol. The van der Waals surface area contributed by atoms with Crippen molar-refractivity contribution in [3.05, 3.63) is 72.3 Å². The van der Waals surface area contributed by atoms with E-state index in [4.69, 9.17) is 9.47 Å². The third kappa shape index (κ3) is 4.25. The second-order valence-corrected chi connectivity index (χ2v) is 7.12. The van der Waals surface area contributed by atoms with Gasteiger partial charge in [-0.05, 0) is 23.3 Å². The van der Waals surface area contributed by atoms with E-state index in [2.05, 4.69) is 27.8 Å². The summed E-state index contributed by atoms with van der Waals surface area (Å²) in [6, 6.07) is 13.2. The number of hydrogen-bond acceptors (Lipinski definition) is 4. The van der Waals surface area contributed by atoms with E-state index in [9.17, 15) is 4.79 Å². The van der Waals surface area contributed by atoms with E-state index in [1.165, 1.54) is 5.56 Å². The van der Waals surface area contributed by atoms with E-state index in [0.717, 1.165) is 12.1 Å². The number of carbonyl (C=O) groups excluding carboxylic acids is 1. The molecule has 0 atom stereocenters. The Hall–Kier alpha value is -3.48. The number of anilines is 1. The molecule has 0 aliphatic carbocycles. The average Bonchev–Trinajstić information content (AvgIpc) is 3.26. The summed E-state index contributed by atoms with van der Waals surface area (Å²) in [6.07, 6.45) is 5.48. The van der Waals surface area contributed by atoms with Gasteiger partial charge in [-0.25, -0.2) is 9.78 Å². The Kier molecular flexibility index (Phi) is 4.65. The van der Waals surface area contributed by atoms with Crippen LogP contribution >= 0.6 is 0 Å². The van der Waals surface area contributed by atoms with E-state index in [1.807, 2.05) is 36.7 Å². The van der Waals surface area contributed by atoms with Crippen LogP contribution < -0.4 is 20.1 Å². The van der Waals surface area contributed by atoms with Crippen LogP contribution in [0.15, 0.2) is 61.2 Å². The van der Waals surface area contributed by atoms with Crippen LogP contribution in [-0.4, -0.2) is 21.4 Å². The molecule has 0 unspecified atom stereocenters. The minimum absolute atomic E-state index is 0.277. The van der Waals surface area contributed by atoms with Gasteiger partial charge in [0, 0.05) is 51.1 Å². The fraction of sp³-hybridized carbons (Fsp3) is 0.238. The molecule has 0 saturated heterocycles. The molecule has 28 heavy (non-hydrogen) atoms. The number of urea groups is 1. The van der Waals surface area contributed by atoms with Gasteiger partial charge in [0.05, 0.1) is 6.33 Å². The van der Waals surface area contributed by atoms with Crippen LogP contribution in [0.25, 0.3) is 0 Å². The van der Waals surface area contributed by atoms with E-state index in [-0.39, 0.29) is 6.03 Å². The minimum atomic E-state index is -0.687. The molecule has 7 heteroatoms. The van der Waals surface area contributed by atoms with E-state index in [0.29, 0.717) is 23.7 Å². The molecule has 2 N–H and O–H groups in total. The first-order valence-corrected chi connectivity index (χ1v) is 9.07. The maximum Gasteiger partial charge on any atom is 0.319 e. The lowest BCUT2D eigenvalue weighted by Crippen LogP contribution is -2.29. The quantitative estimate of drug-likeness (QED) is 0.709. The van der Waals surface area contributed by atoms with E-state index < -0.39 is 5.79 Å². The van der Waals surface area contributed by atoms with Gasteiger partial charge in [0.25, 0.3) is 0 Å². The molecule has 2 amide bonds. The Morgan fingerprint density at radius 1 is 1.07 bits per heavy atom. The number of carbonyl (C=O) groups is 1. The Bertz CT molecular complexity index is 966. The molecule has 1 aromatic heterocycles. The van der Waals surface area contributed by atoms with Crippen LogP contribution in [0, 0.1) is 0 Å². The van der Waals surface area contributed by atoms with Crippen molar-refractivity contribution >= 4 is 11.7 Å².